The third-order valence-electron chi connectivity index (χ3n) is 6.73. The van der Waals surface area contributed by atoms with Crippen LogP contribution in [0.15, 0.2) is 29.4 Å². The first-order chi connectivity index (χ1) is 16.2. The van der Waals surface area contributed by atoms with Gasteiger partial charge in [0, 0.05) is 30.9 Å². The SMILES string of the molecule is COc1cccc(NCc2nnc(SCC(=O)N3CCCCCCC3)n2C2CCCCC2)c1. The monoisotopic (exact) mass is 471 g/mol. The Morgan fingerprint density at radius 2 is 1.79 bits per heavy atom. The summed E-state index contributed by atoms with van der Waals surface area (Å²) < 4.78 is 7.64. The first-order valence-electron chi connectivity index (χ1n) is 12.5. The minimum absolute atomic E-state index is 0.233. The Hall–Kier alpha value is -2.22. The summed E-state index contributed by atoms with van der Waals surface area (Å²) in [5.41, 5.74) is 0.994. The number of ether oxygens (including phenoxy) is 1. The molecule has 1 aliphatic carbocycles. The van der Waals surface area contributed by atoms with Gasteiger partial charge in [-0.25, -0.2) is 0 Å². The molecule has 33 heavy (non-hydrogen) atoms. The number of amides is 1. The van der Waals surface area contributed by atoms with Gasteiger partial charge in [-0.15, -0.1) is 10.2 Å². The van der Waals surface area contributed by atoms with E-state index in [-0.39, 0.29) is 5.91 Å². The van der Waals surface area contributed by atoms with Crippen molar-refractivity contribution in [2.75, 3.05) is 31.3 Å². The van der Waals surface area contributed by atoms with E-state index in [9.17, 15) is 4.79 Å². The van der Waals surface area contributed by atoms with E-state index in [2.05, 4.69) is 25.0 Å². The van der Waals surface area contributed by atoms with E-state index in [0.29, 0.717) is 18.3 Å². The van der Waals surface area contributed by atoms with Crippen LogP contribution in [-0.2, 0) is 11.3 Å². The van der Waals surface area contributed by atoms with Crippen LogP contribution in [0.25, 0.3) is 0 Å². The topological polar surface area (TPSA) is 72.3 Å². The average Bonchev–Trinajstić information content (AvgIpc) is 3.24. The van der Waals surface area contributed by atoms with Crippen LogP contribution < -0.4 is 10.1 Å². The molecule has 1 saturated carbocycles. The molecule has 1 aromatic carbocycles. The summed E-state index contributed by atoms with van der Waals surface area (Å²) in [6, 6.07) is 8.34. The minimum atomic E-state index is 0.233. The zero-order valence-electron chi connectivity index (χ0n) is 19.8. The van der Waals surface area contributed by atoms with Crippen LogP contribution in [0.2, 0.25) is 0 Å². The second kappa shape index (κ2) is 12.3. The molecule has 0 unspecified atom stereocenters. The molecule has 0 spiro atoms. The number of carbonyl (C=O) groups is 1. The normalized spacial score (nSPS) is 17.9. The zero-order chi connectivity index (χ0) is 22.9. The summed E-state index contributed by atoms with van der Waals surface area (Å²) in [5.74, 6) is 2.43. The highest BCUT2D eigenvalue weighted by atomic mass is 32.2. The molecular formula is C25H37N5O2S. The van der Waals surface area contributed by atoms with Crippen LogP contribution in [0.1, 0.15) is 76.1 Å². The number of thioether (sulfide) groups is 1. The largest absolute Gasteiger partial charge is 0.497 e. The van der Waals surface area contributed by atoms with E-state index in [1.165, 1.54) is 38.5 Å². The Morgan fingerprint density at radius 3 is 2.55 bits per heavy atom. The predicted octanol–water partition coefficient (Wildman–Crippen LogP) is 5.29. The molecule has 0 bridgehead atoms. The van der Waals surface area contributed by atoms with Gasteiger partial charge < -0.3 is 19.5 Å². The Bertz CT molecular complexity index is 889. The highest BCUT2D eigenvalue weighted by Gasteiger charge is 2.24. The van der Waals surface area contributed by atoms with Crippen LogP contribution in [0.4, 0.5) is 5.69 Å². The summed E-state index contributed by atoms with van der Waals surface area (Å²) in [4.78, 5) is 15.0. The van der Waals surface area contributed by atoms with Gasteiger partial charge >= 0.3 is 0 Å². The average molecular weight is 472 g/mol. The predicted molar refractivity (Wildman–Crippen MR) is 133 cm³/mol. The number of nitrogens with zero attached hydrogens (tertiary/aromatic N) is 4. The molecule has 8 heteroatoms. The van der Waals surface area contributed by atoms with Crippen LogP contribution in [0.5, 0.6) is 5.75 Å². The van der Waals surface area contributed by atoms with Crippen molar-refractivity contribution < 1.29 is 9.53 Å². The van der Waals surface area contributed by atoms with E-state index >= 15 is 0 Å². The molecule has 180 valence electrons. The number of rotatable bonds is 8. The molecule has 0 radical (unpaired) electrons. The van der Waals surface area contributed by atoms with Crippen molar-refractivity contribution in [3.8, 4) is 5.75 Å². The van der Waals surface area contributed by atoms with Crippen molar-refractivity contribution in [1.29, 1.82) is 0 Å². The first kappa shape index (κ1) is 23.9. The Morgan fingerprint density at radius 1 is 1.06 bits per heavy atom. The lowest BCUT2D eigenvalue weighted by Crippen LogP contribution is -2.35. The van der Waals surface area contributed by atoms with Crippen molar-refractivity contribution in [3.05, 3.63) is 30.1 Å². The molecule has 1 aliphatic heterocycles. The maximum atomic E-state index is 12.9. The van der Waals surface area contributed by atoms with Gasteiger partial charge in [-0.1, -0.05) is 56.4 Å². The summed E-state index contributed by atoms with van der Waals surface area (Å²) >= 11 is 1.55. The molecule has 2 aliphatic rings. The fourth-order valence-electron chi connectivity index (χ4n) is 4.86. The first-order valence-corrected chi connectivity index (χ1v) is 13.5. The van der Waals surface area contributed by atoms with Gasteiger partial charge in [0.15, 0.2) is 11.0 Å². The standard InChI is InChI=1S/C25H37N5O2S/c1-32-22-14-10-11-20(17-22)26-18-23-27-28-25(30(23)21-12-6-5-7-13-21)33-19-24(31)29-15-8-3-2-4-9-16-29/h10-11,14,17,21,26H,2-9,12-13,15-16,18-19H2,1H3. The van der Waals surface area contributed by atoms with E-state index in [4.69, 9.17) is 4.74 Å². The minimum Gasteiger partial charge on any atom is -0.497 e. The summed E-state index contributed by atoms with van der Waals surface area (Å²) in [7, 11) is 1.68. The quantitative estimate of drug-likeness (QED) is 0.528. The smallest absolute Gasteiger partial charge is 0.233 e. The second-order valence-electron chi connectivity index (χ2n) is 9.08. The molecule has 1 aromatic heterocycles. The van der Waals surface area contributed by atoms with Crippen molar-refractivity contribution >= 4 is 23.4 Å². The van der Waals surface area contributed by atoms with Crippen LogP contribution in [-0.4, -0.2) is 51.5 Å². The van der Waals surface area contributed by atoms with Gasteiger partial charge in [0.05, 0.1) is 19.4 Å². The fraction of sp³-hybridized carbons (Fsp3) is 0.640. The van der Waals surface area contributed by atoms with Crippen molar-refractivity contribution in [2.45, 2.75) is 82.0 Å². The molecule has 0 atom stereocenters. The van der Waals surface area contributed by atoms with Crippen molar-refractivity contribution in [1.82, 2.24) is 19.7 Å². The van der Waals surface area contributed by atoms with Crippen molar-refractivity contribution in [3.63, 3.8) is 0 Å². The molecule has 2 fully saturated rings. The molecule has 7 nitrogen and oxygen atoms in total. The molecule has 2 aromatic rings. The van der Waals surface area contributed by atoms with Crippen LogP contribution >= 0.6 is 11.8 Å². The van der Waals surface area contributed by atoms with E-state index in [1.807, 2.05) is 24.3 Å². The number of nitrogens with one attached hydrogen (secondary N) is 1. The Balaban J connectivity index is 1.44. The fourth-order valence-corrected chi connectivity index (χ4v) is 5.79. The molecule has 4 rings (SSSR count). The Labute approximate surface area is 201 Å². The maximum Gasteiger partial charge on any atom is 0.233 e. The number of aromatic nitrogens is 3. The summed E-state index contributed by atoms with van der Waals surface area (Å²) in [6.07, 6.45) is 12.1. The van der Waals surface area contributed by atoms with Gasteiger partial charge in [0.2, 0.25) is 5.91 Å². The van der Waals surface area contributed by atoms with Crippen LogP contribution in [0, 0.1) is 0 Å². The van der Waals surface area contributed by atoms with Crippen molar-refractivity contribution in [2.24, 2.45) is 0 Å². The molecule has 1 amide bonds. The van der Waals surface area contributed by atoms with Gasteiger partial charge in [0.1, 0.15) is 5.75 Å². The second-order valence-corrected chi connectivity index (χ2v) is 10.0. The zero-order valence-corrected chi connectivity index (χ0v) is 20.6. The molecular weight excluding hydrogens is 434 g/mol. The number of benzene rings is 1. The number of carbonyl (C=O) groups excluding carboxylic acids is 1. The third-order valence-corrected chi connectivity index (χ3v) is 7.66. The van der Waals surface area contributed by atoms with Gasteiger partial charge in [0.25, 0.3) is 0 Å². The number of anilines is 1. The maximum absolute atomic E-state index is 12.9. The molecule has 2 heterocycles. The highest BCUT2D eigenvalue weighted by molar-refractivity contribution is 7.99. The molecule has 1 saturated heterocycles. The number of hydrogen-bond acceptors (Lipinski definition) is 6. The lowest BCUT2D eigenvalue weighted by Gasteiger charge is -2.26. The summed E-state index contributed by atoms with van der Waals surface area (Å²) in [5, 5.41) is 13.4. The van der Waals surface area contributed by atoms with Gasteiger partial charge in [-0.05, 0) is 37.8 Å². The van der Waals surface area contributed by atoms with Gasteiger partial charge in [-0.3, -0.25) is 4.79 Å². The third kappa shape index (κ3) is 6.65. The summed E-state index contributed by atoms with van der Waals surface area (Å²) in [6.45, 7) is 2.38. The van der Waals surface area contributed by atoms with Gasteiger partial charge in [-0.2, -0.15) is 0 Å². The molecule has 1 N–H and O–H groups in total. The lowest BCUT2D eigenvalue weighted by atomic mass is 9.95. The van der Waals surface area contributed by atoms with E-state index in [0.717, 1.165) is 61.2 Å². The Kier molecular flexibility index (Phi) is 8.92. The van der Waals surface area contributed by atoms with E-state index < -0.39 is 0 Å². The highest BCUT2D eigenvalue weighted by Crippen LogP contribution is 2.33. The van der Waals surface area contributed by atoms with Crippen LogP contribution in [0.3, 0.4) is 0 Å². The number of methoxy groups -OCH3 is 1. The lowest BCUT2D eigenvalue weighted by molar-refractivity contribution is -0.128. The number of likely N-dealkylation sites (tertiary alicyclic amines) is 1. The number of hydrogen-bond donors (Lipinski definition) is 1. The van der Waals surface area contributed by atoms with E-state index in [1.54, 1.807) is 18.9 Å².